The van der Waals surface area contributed by atoms with Crippen molar-refractivity contribution >= 4 is 5.91 Å². The van der Waals surface area contributed by atoms with E-state index < -0.39 is 0 Å². The molecule has 0 aliphatic carbocycles. The summed E-state index contributed by atoms with van der Waals surface area (Å²) in [5.74, 6) is -0.155. The maximum atomic E-state index is 12.0. The van der Waals surface area contributed by atoms with Crippen LogP contribution in [0.1, 0.15) is 28.7 Å². The fraction of sp³-hybridized carbons (Fsp3) is 0.214. The molecule has 0 aliphatic rings. The minimum atomic E-state index is -0.155. The molecule has 0 aromatic carbocycles. The van der Waals surface area contributed by atoms with E-state index in [1.807, 2.05) is 37.3 Å². The van der Waals surface area contributed by atoms with Gasteiger partial charge in [0, 0.05) is 12.4 Å². The van der Waals surface area contributed by atoms with Gasteiger partial charge in [0.05, 0.1) is 12.2 Å². The Morgan fingerprint density at radius 2 is 2.00 bits per heavy atom. The summed E-state index contributed by atoms with van der Waals surface area (Å²) < 4.78 is 0. The third-order valence-electron chi connectivity index (χ3n) is 2.64. The van der Waals surface area contributed by atoms with Gasteiger partial charge < -0.3 is 5.32 Å². The summed E-state index contributed by atoms with van der Waals surface area (Å²) in [5, 5.41) is 2.83. The van der Waals surface area contributed by atoms with Gasteiger partial charge in [0.15, 0.2) is 0 Å². The Labute approximate surface area is 106 Å². The molecule has 0 aliphatic heterocycles. The number of aryl methyl sites for hydroxylation is 1. The summed E-state index contributed by atoms with van der Waals surface area (Å²) >= 11 is 0. The number of pyridine rings is 2. The Kier molecular flexibility index (Phi) is 4.02. The number of carbonyl (C=O) groups is 1. The van der Waals surface area contributed by atoms with Crippen molar-refractivity contribution in [2.24, 2.45) is 0 Å². The van der Waals surface area contributed by atoms with Crippen LogP contribution in [0, 0.1) is 0 Å². The van der Waals surface area contributed by atoms with Gasteiger partial charge in [0.2, 0.25) is 0 Å². The molecule has 1 amide bonds. The Hall–Kier alpha value is -2.23. The predicted octanol–water partition coefficient (Wildman–Crippen LogP) is 1.97. The lowest BCUT2D eigenvalue weighted by Gasteiger charge is -2.07. The van der Waals surface area contributed by atoms with Crippen molar-refractivity contribution in [1.82, 2.24) is 15.3 Å². The Morgan fingerprint density at radius 1 is 1.17 bits per heavy atom. The summed E-state index contributed by atoms with van der Waals surface area (Å²) in [5.41, 5.74) is 2.28. The third kappa shape index (κ3) is 2.91. The SMILES string of the molecule is CCc1cccnc1C(=O)NCc1ccccn1. The van der Waals surface area contributed by atoms with Gasteiger partial charge in [0.1, 0.15) is 5.69 Å². The minimum Gasteiger partial charge on any atom is -0.345 e. The van der Waals surface area contributed by atoms with Gasteiger partial charge in [-0.1, -0.05) is 19.1 Å². The average molecular weight is 241 g/mol. The summed E-state index contributed by atoms with van der Waals surface area (Å²) in [4.78, 5) is 20.3. The van der Waals surface area contributed by atoms with Gasteiger partial charge in [-0.25, -0.2) is 0 Å². The van der Waals surface area contributed by atoms with E-state index >= 15 is 0 Å². The fourth-order valence-electron chi connectivity index (χ4n) is 1.69. The summed E-state index contributed by atoms with van der Waals surface area (Å²) in [6.45, 7) is 2.42. The number of aromatic nitrogens is 2. The normalized spacial score (nSPS) is 10.1. The van der Waals surface area contributed by atoms with E-state index in [9.17, 15) is 4.79 Å². The quantitative estimate of drug-likeness (QED) is 0.890. The summed E-state index contributed by atoms with van der Waals surface area (Å²) in [6, 6.07) is 9.38. The van der Waals surface area contributed by atoms with Crippen LogP contribution < -0.4 is 5.32 Å². The van der Waals surface area contributed by atoms with Crippen LogP contribution in [0.3, 0.4) is 0 Å². The standard InChI is InChI=1S/C14H15N3O/c1-2-11-6-5-9-16-13(11)14(18)17-10-12-7-3-4-8-15-12/h3-9H,2,10H2,1H3,(H,17,18). The van der Waals surface area contributed by atoms with Crippen LogP contribution in [-0.4, -0.2) is 15.9 Å². The van der Waals surface area contributed by atoms with E-state index in [0.29, 0.717) is 12.2 Å². The molecule has 0 unspecified atom stereocenters. The first-order valence-corrected chi connectivity index (χ1v) is 5.93. The number of amides is 1. The van der Waals surface area contributed by atoms with Gasteiger partial charge in [-0.05, 0) is 30.2 Å². The van der Waals surface area contributed by atoms with Crippen molar-refractivity contribution in [2.45, 2.75) is 19.9 Å². The van der Waals surface area contributed by atoms with Crippen LogP contribution in [0.15, 0.2) is 42.7 Å². The largest absolute Gasteiger partial charge is 0.345 e. The van der Waals surface area contributed by atoms with E-state index in [0.717, 1.165) is 17.7 Å². The lowest BCUT2D eigenvalue weighted by atomic mass is 10.1. The van der Waals surface area contributed by atoms with Gasteiger partial charge in [-0.3, -0.25) is 14.8 Å². The zero-order chi connectivity index (χ0) is 12.8. The molecule has 4 heteroatoms. The van der Waals surface area contributed by atoms with E-state index in [1.165, 1.54) is 0 Å². The van der Waals surface area contributed by atoms with Crippen LogP contribution in [0.25, 0.3) is 0 Å². The van der Waals surface area contributed by atoms with Gasteiger partial charge >= 0.3 is 0 Å². The van der Waals surface area contributed by atoms with E-state index in [2.05, 4.69) is 15.3 Å². The molecule has 0 saturated carbocycles. The summed E-state index contributed by atoms with van der Waals surface area (Å²) in [7, 11) is 0. The molecular weight excluding hydrogens is 226 g/mol. The summed E-state index contributed by atoms with van der Waals surface area (Å²) in [6.07, 6.45) is 4.13. The van der Waals surface area contributed by atoms with Crippen molar-refractivity contribution in [3.8, 4) is 0 Å². The number of rotatable bonds is 4. The molecule has 18 heavy (non-hydrogen) atoms. The zero-order valence-corrected chi connectivity index (χ0v) is 10.3. The highest BCUT2D eigenvalue weighted by Gasteiger charge is 2.10. The predicted molar refractivity (Wildman–Crippen MR) is 69.0 cm³/mol. The van der Waals surface area contributed by atoms with Crippen LogP contribution in [0.2, 0.25) is 0 Å². The molecule has 2 rings (SSSR count). The molecule has 1 N–H and O–H groups in total. The molecular formula is C14H15N3O. The minimum absolute atomic E-state index is 0.155. The Balaban J connectivity index is 2.04. The smallest absolute Gasteiger partial charge is 0.270 e. The van der Waals surface area contributed by atoms with Gasteiger partial charge in [-0.2, -0.15) is 0 Å². The van der Waals surface area contributed by atoms with Crippen LogP contribution in [0.4, 0.5) is 0 Å². The molecule has 0 fully saturated rings. The molecule has 0 spiro atoms. The highest BCUT2D eigenvalue weighted by molar-refractivity contribution is 5.93. The number of hydrogen-bond acceptors (Lipinski definition) is 3. The topological polar surface area (TPSA) is 54.9 Å². The van der Waals surface area contributed by atoms with Crippen molar-refractivity contribution in [3.63, 3.8) is 0 Å². The number of nitrogens with one attached hydrogen (secondary N) is 1. The molecule has 0 bridgehead atoms. The van der Waals surface area contributed by atoms with E-state index in [-0.39, 0.29) is 5.91 Å². The highest BCUT2D eigenvalue weighted by atomic mass is 16.1. The second-order valence-electron chi connectivity index (χ2n) is 3.87. The Bertz CT molecular complexity index is 526. The third-order valence-corrected chi connectivity index (χ3v) is 2.64. The van der Waals surface area contributed by atoms with Gasteiger partial charge in [0.25, 0.3) is 5.91 Å². The van der Waals surface area contributed by atoms with Crippen LogP contribution >= 0.6 is 0 Å². The second kappa shape index (κ2) is 5.91. The average Bonchev–Trinajstić information content (AvgIpc) is 2.45. The molecule has 0 atom stereocenters. The molecule has 2 heterocycles. The van der Waals surface area contributed by atoms with Crippen molar-refractivity contribution in [1.29, 1.82) is 0 Å². The molecule has 0 saturated heterocycles. The molecule has 2 aromatic rings. The molecule has 92 valence electrons. The highest BCUT2D eigenvalue weighted by Crippen LogP contribution is 2.06. The van der Waals surface area contributed by atoms with Crippen molar-refractivity contribution in [3.05, 3.63) is 59.7 Å². The van der Waals surface area contributed by atoms with Gasteiger partial charge in [-0.15, -0.1) is 0 Å². The molecule has 2 aromatic heterocycles. The number of nitrogens with zero attached hydrogens (tertiary/aromatic N) is 2. The first-order chi connectivity index (χ1) is 8.81. The van der Waals surface area contributed by atoms with Crippen molar-refractivity contribution in [2.75, 3.05) is 0 Å². The first-order valence-electron chi connectivity index (χ1n) is 5.93. The second-order valence-corrected chi connectivity index (χ2v) is 3.87. The van der Waals surface area contributed by atoms with Crippen LogP contribution in [0.5, 0.6) is 0 Å². The lowest BCUT2D eigenvalue weighted by molar-refractivity contribution is 0.0944. The van der Waals surface area contributed by atoms with Crippen LogP contribution in [-0.2, 0) is 13.0 Å². The fourth-order valence-corrected chi connectivity index (χ4v) is 1.69. The number of carbonyl (C=O) groups excluding carboxylic acids is 1. The van der Waals surface area contributed by atoms with E-state index in [4.69, 9.17) is 0 Å². The monoisotopic (exact) mass is 241 g/mol. The zero-order valence-electron chi connectivity index (χ0n) is 10.3. The van der Waals surface area contributed by atoms with E-state index in [1.54, 1.807) is 12.4 Å². The maximum Gasteiger partial charge on any atom is 0.270 e. The number of hydrogen-bond donors (Lipinski definition) is 1. The Morgan fingerprint density at radius 3 is 2.72 bits per heavy atom. The maximum absolute atomic E-state index is 12.0. The molecule has 4 nitrogen and oxygen atoms in total. The molecule has 0 radical (unpaired) electrons. The van der Waals surface area contributed by atoms with Crippen molar-refractivity contribution < 1.29 is 4.79 Å². The first kappa shape index (κ1) is 12.2. The lowest BCUT2D eigenvalue weighted by Crippen LogP contribution is -2.25.